The van der Waals surface area contributed by atoms with E-state index in [1.54, 1.807) is 24.3 Å². The molecule has 0 aliphatic rings. The van der Waals surface area contributed by atoms with Crippen LogP contribution in [-0.4, -0.2) is 27.0 Å². The van der Waals surface area contributed by atoms with Crippen molar-refractivity contribution in [3.63, 3.8) is 0 Å². The Bertz CT molecular complexity index is 752. The van der Waals surface area contributed by atoms with Gasteiger partial charge in [0.05, 0.1) is 0 Å². The lowest BCUT2D eigenvalue weighted by Gasteiger charge is -2.16. The normalized spacial score (nSPS) is 14.2. The van der Waals surface area contributed by atoms with E-state index in [-0.39, 0.29) is 12.8 Å². The Balaban J connectivity index is 2.52. The van der Waals surface area contributed by atoms with Crippen molar-refractivity contribution >= 4 is 30.7 Å². The number of rotatable bonds is 7. The molecule has 0 radical (unpaired) electrons. The van der Waals surface area contributed by atoms with E-state index in [2.05, 4.69) is 0 Å². The van der Waals surface area contributed by atoms with E-state index in [1.165, 1.54) is 0 Å². The summed E-state index contributed by atoms with van der Waals surface area (Å²) in [5.74, 6) is -3.66. The van der Waals surface area contributed by atoms with Crippen molar-refractivity contribution in [3.8, 4) is 0 Å². The number of hydrogen-bond acceptors (Lipinski definition) is 3. The van der Waals surface area contributed by atoms with Crippen molar-refractivity contribution < 1.29 is 29.3 Å². The van der Waals surface area contributed by atoms with Crippen LogP contribution in [0.3, 0.4) is 0 Å². The molecule has 0 bridgehead atoms. The molecule has 3 N–H and O–H groups in total. The molecule has 23 heavy (non-hydrogen) atoms. The Kier molecular flexibility index (Phi) is 5.42. The second-order valence-corrected chi connectivity index (χ2v) is 6.35. The van der Waals surface area contributed by atoms with Crippen molar-refractivity contribution in [2.24, 2.45) is 5.92 Å². The predicted octanol–water partition coefficient (Wildman–Crippen LogP) is 3.18. The summed E-state index contributed by atoms with van der Waals surface area (Å²) >= 11 is 0. The van der Waals surface area contributed by atoms with E-state index >= 15 is 0 Å². The van der Waals surface area contributed by atoms with E-state index in [9.17, 15) is 24.2 Å². The third kappa shape index (κ3) is 3.92. The summed E-state index contributed by atoms with van der Waals surface area (Å²) in [5.41, 5.74) is -0.711. The highest BCUT2D eigenvalue weighted by molar-refractivity contribution is 7.38. The van der Waals surface area contributed by atoms with Gasteiger partial charge in [0, 0.05) is 12.0 Å². The van der Waals surface area contributed by atoms with Gasteiger partial charge in [-0.25, -0.2) is 0 Å². The topological polar surface area (TPSA) is 112 Å². The summed E-state index contributed by atoms with van der Waals surface area (Å²) in [5, 5.41) is 19.7. The fraction of sp³-hybridized carbons (Fsp3) is 0.250. The van der Waals surface area contributed by atoms with Crippen LogP contribution in [0.15, 0.2) is 42.5 Å². The molecule has 3 unspecified atom stereocenters. The monoisotopic (exact) mass is 335 g/mol. The molecule has 0 aliphatic carbocycles. The molecular formula is C16H16O6P+. The van der Waals surface area contributed by atoms with Crippen molar-refractivity contribution in [1.29, 1.82) is 0 Å². The zero-order valence-corrected chi connectivity index (χ0v) is 13.0. The first kappa shape index (κ1) is 17.1. The molecule has 0 aliphatic heterocycles. The molecule has 0 heterocycles. The quantitative estimate of drug-likeness (QED) is 0.670. The van der Waals surface area contributed by atoms with Gasteiger partial charge in [-0.1, -0.05) is 42.5 Å². The predicted molar refractivity (Wildman–Crippen MR) is 84.5 cm³/mol. The first-order valence-electron chi connectivity index (χ1n) is 6.99. The van der Waals surface area contributed by atoms with Crippen molar-refractivity contribution in [1.82, 2.24) is 0 Å². The Morgan fingerprint density at radius 1 is 1.04 bits per heavy atom. The molecule has 0 fully saturated rings. The fourth-order valence-corrected chi connectivity index (χ4v) is 3.74. The van der Waals surface area contributed by atoms with Crippen molar-refractivity contribution in [3.05, 3.63) is 48.0 Å². The summed E-state index contributed by atoms with van der Waals surface area (Å²) < 4.78 is 11.9. The largest absolute Gasteiger partial charge is 0.514 e. The van der Waals surface area contributed by atoms with Crippen molar-refractivity contribution in [2.75, 3.05) is 0 Å². The minimum Gasteiger partial charge on any atom is -0.481 e. The second-order valence-electron chi connectivity index (χ2n) is 5.19. The van der Waals surface area contributed by atoms with Gasteiger partial charge in [0.2, 0.25) is 5.66 Å². The Hall–Kier alpha value is -2.30. The first-order chi connectivity index (χ1) is 10.9. The van der Waals surface area contributed by atoms with Gasteiger partial charge in [-0.15, -0.1) is 0 Å². The van der Waals surface area contributed by atoms with Crippen LogP contribution < -0.4 is 0 Å². The van der Waals surface area contributed by atoms with Gasteiger partial charge in [-0.05, 0) is 21.8 Å². The summed E-state index contributed by atoms with van der Waals surface area (Å²) in [7, 11) is -2.84. The van der Waals surface area contributed by atoms with Crippen molar-refractivity contribution in [2.45, 2.75) is 18.5 Å². The number of carbonyl (C=O) groups is 2. The Morgan fingerprint density at radius 3 is 2.30 bits per heavy atom. The molecule has 0 saturated heterocycles. The Morgan fingerprint density at radius 2 is 1.70 bits per heavy atom. The smallest absolute Gasteiger partial charge is 0.481 e. The maximum atomic E-state index is 11.9. The van der Waals surface area contributed by atoms with Crippen LogP contribution >= 0.6 is 8.03 Å². The van der Waals surface area contributed by atoms with E-state index in [0.717, 1.165) is 5.39 Å². The minimum atomic E-state index is -2.84. The number of benzene rings is 2. The number of hydrogen-bond donors (Lipinski definition) is 3. The molecule has 2 rings (SSSR count). The van der Waals surface area contributed by atoms with Gasteiger partial charge in [0.1, 0.15) is 5.92 Å². The third-order valence-electron chi connectivity index (χ3n) is 3.75. The lowest BCUT2D eigenvalue weighted by atomic mass is 9.91. The van der Waals surface area contributed by atoms with Crippen LogP contribution in [0.2, 0.25) is 0 Å². The van der Waals surface area contributed by atoms with Crippen LogP contribution in [0.5, 0.6) is 0 Å². The number of carboxylic acid groups (broad SMARTS) is 2. The standard InChI is InChI=1S/C16H15O6P/c17-14(18)9-8-13(16(19)20)15(23(21)22)12-7-3-5-10-4-1-2-6-11(10)12/h1-7,13,15H,8-9H2,(H2-,17,18,19,20,21,22)/p+1. The summed E-state index contributed by atoms with van der Waals surface area (Å²) in [6.45, 7) is 0. The minimum absolute atomic E-state index is 0.208. The molecule has 3 atom stereocenters. The molecule has 0 spiro atoms. The summed E-state index contributed by atoms with van der Waals surface area (Å²) in [6.07, 6.45) is -0.582. The summed E-state index contributed by atoms with van der Waals surface area (Å²) in [6, 6.07) is 12.3. The van der Waals surface area contributed by atoms with E-state index in [0.29, 0.717) is 10.9 Å². The molecule has 0 saturated carbocycles. The SMILES string of the molecule is O=C(O)CCC(C(=O)O)C(c1cccc2ccccc12)[P+](=O)O. The highest BCUT2D eigenvalue weighted by atomic mass is 31.1. The van der Waals surface area contributed by atoms with Gasteiger partial charge in [-0.3, -0.25) is 9.59 Å². The van der Waals surface area contributed by atoms with Gasteiger partial charge in [-0.2, -0.15) is 4.89 Å². The zero-order chi connectivity index (χ0) is 17.0. The molecule has 120 valence electrons. The molecule has 2 aromatic rings. The third-order valence-corrected chi connectivity index (χ3v) is 4.86. The van der Waals surface area contributed by atoms with Gasteiger partial charge < -0.3 is 10.2 Å². The zero-order valence-electron chi connectivity index (χ0n) is 12.1. The molecular weight excluding hydrogens is 319 g/mol. The maximum absolute atomic E-state index is 11.9. The van der Waals surface area contributed by atoms with Crippen LogP contribution in [0.4, 0.5) is 0 Å². The first-order valence-corrected chi connectivity index (χ1v) is 8.27. The Labute approximate surface area is 133 Å². The van der Waals surface area contributed by atoms with E-state index < -0.39 is 31.5 Å². The molecule has 0 amide bonds. The lowest BCUT2D eigenvalue weighted by Crippen LogP contribution is -2.21. The van der Waals surface area contributed by atoms with Crippen LogP contribution in [0.25, 0.3) is 10.8 Å². The van der Waals surface area contributed by atoms with E-state index in [1.807, 2.05) is 18.2 Å². The lowest BCUT2D eigenvalue weighted by molar-refractivity contribution is -0.143. The van der Waals surface area contributed by atoms with Crippen LogP contribution in [0, 0.1) is 5.92 Å². The average molecular weight is 335 g/mol. The highest BCUT2D eigenvalue weighted by Crippen LogP contribution is 2.47. The molecule has 2 aromatic carbocycles. The number of fused-ring (bicyclic) bond motifs is 1. The molecule has 7 heteroatoms. The number of carboxylic acids is 2. The second kappa shape index (κ2) is 7.31. The van der Waals surface area contributed by atoms with Gasteiger partial charge in [0.15, 0.2) is 0 Å². The molecule has 6 nitrogen and oxygen atoms in total. The van der Waals surface area contributed by atoms with E-state index in [4.69, 9.17) is 5.11 Å². The average Bonchev–Trinajstić information content (AvgIpc) is 2.50. The van der Waals surface area contributed by atoms with Crippen LogP contribution in [-0.2, 0) is 14.2 Å². The van der Waals surface area contributed by atoms with Gasteiger partial charge >= 0.3 is 20.0 Å². The molecule has 0 aromatic heterocycles. The highest BCUT2D eigenvalue weighted by Gasteiger charge is 2.44. The number of aliphatic carboxylic acids is 2. The van der Waals surface area contributed by atoms with Crippen LogP contribution in [0.1, 0.15) is 24.1 Å². The summed E-state index contributed by atoms with van der Waals surface area (Å²) in [4.78, 5) is 32.0. The van der Waals surface area contributed by atoms with Gasteiger partial charge in [0.25, 0.3) is 0 Å². The fourth-order valence-electron chi connectivity index (χ4n) is 2.69. The maximum Gasteiger partial charge on any atom is 0.514 e.